The van der Waals surface area contributed by atoms with Gasteiger partial charge in [-0.05, 0) is 23.6 Å². The summed E-state index contributed by atoms with van der Waals surface area (Å²) in [5.74, 6) is 0.0379. The van der Waals surface area contributed by atoms with Gasteiger partial charge in [0, 0.05) is 5.56 Å². The van der Waals surface area contributed by atoms with Gasteiger partial charge in [0.1, 0.15) is 0 Å². The van der Waals surface area contributed by atoms with Gasteiger partial charge >= 0.3 is 0 Å². The SMILES string of the molecule is O=C(CCl)c1ccc2c(c1)CCOC2. The summed E-state index contributed by atoms with van der Waals surface area (Å²) in [5.41, 5.74) is 3.11. The predicted molar refractivity (Wildman–Crippen MR) is 54.9 cm³/mol. The largest absolute Gasteiger partial charge is 0.376 e. The van der Waals surface area contributed by atoms with Crippen molar-refractivity contribution in [1.29, 1.82) is 0 Å². The fourth-order valence-corrected chi connectivity index (χ4v) is 1.77. The molecule has 0 radical (unpaired) electrons. The Balaban J connectivity index is 2.33. The Hall–Kier alpha value is -0.860. The molecule has 1 heterocycles. The fraction of sp³-hybridized carbons (Fsp3) is 0.364. The molecule has 0 unspecified atom stereocenters. The van der Waals surface area contributed by atoms with E-state index in [1.54, 1.807) is 0 Å². The molecule has 0 aliphatic carbocycles. The van der Waals surface area contributed by atoms with Crippen LogP contribution in [-0.4, -0.2) is 18.3 Å². The second-order valence-electron chi connectivity index (χ2n) is 3.34. The Morgan fingerprint density at radius 3 is 3.07 bits per heavy atom. The number of carbonyl (C=O) groups excluding carboxylic acids is 1. The first-order chi connectivity index (χ1) is 6.81. The molecule has 3 heteroatoms. The number of carbonyl (C=O) groups is 1. The maximum absolute atomic E-state index is 11.3. The first kappa shape index (κ1) is 9.69. The highest BCUT2D eigenvalue weighted by molar-refractivity contribution is 6.30. The number of hydrogen-bond donors (Lipinski definition) is 0. The van der Waals surface area contributed by atoms with Crippen molar-refractivity contribution in [2.45, 2.75) is 13.0 Å². The van der Waals surface area contributed by atoms with Crippen LogP contribution in [0.3, 0.4) is 0 Å². The first-order valence-corrected chi connectivity index (χ1v) is 5.13. The Bertz CT molecular complexity index is 360. The van der Waals surface area contributed by atoms with Crippen LogP contribution in [0.25, 0.3) is 0 Å². The topological polar surface area (TPSA) is 26.3 Å². The third-order valence-electron chi connectivity index (χ3n) is 2.42. The van der Waals surface area contributed by atoms with E-state index in [1.807, 2.05) is 18.2 Å². The molecule has 0 spiro atoms. The van der Waals surface area contributed by atoms with E-state index >= 15 is 0 Å². The van der Waals surface area contributed by atoms with E-state index in [-0.39, 0.29) is 11.7 Å². The molecule has 2 nitrogen and oxygen atoms in total. The molecule has 2 rings (SSSR count). The zero-order valence-electron chi connectivity index (χ0n) is 7.75. The molecular weight excluding hydrogens is 200 g/mol. The molecule has 14 heavy (non-hydrogen) atoms. The lowest BCUT2D eigenvalue weighted by Crippen LogP contribution is -2.11. The van der Waals surface area contributed by atoms with Crippen LogP contribution in [0.5, 0.6) is 0 Å². The van der Waals surface area contributed by atoms with E-state index in [1.165, 1.54) is 11.1 Å². The average Bonchev–Trinajstić information content (AvgIpc) is 2.27. The number of alkyl halides is 1. The molecule has 0 saturated carbocycles. The molecular formula is C11H11ClO2. The summed E-state index contributed by atoms with van der Waals surface area (Å²) in [6.07, 6.45) is 0.888. The minimum Gasteiger partial charge on any atom is -0.376 e. The van der Waals surface area contributed by atoms with Gasteiger partial charge in [0.25, 0.3) is 0 Å². The van der Waals surface area contributed by atoms with Gasteiger partial charge in [-0.1, -0.05) is 12.1 Å². The van der Waals surface area contributed by atoms with Gasteiger partial charge in [-0.3, -0.25) is 4.79 Å². The van der Waals surface area contributed by atoms with Crippen molar-refractivity contribution in [3.63, 3.8) is 0 Å². The van der Waals surface area contributed by atoms with Crippen molar-refractivity contribution in [2.75, 3.05) is 12.5 Å². The standard InChI is InChI=1S/C11H11ClO2/c12-6-11(13)9-1-2-10-7-14-4-3-8(10)5-9/h1-2,5H,3-4,6-7H2. The summed E-state index contributed by atoms with van der Waals surface area (Å²) in [4.78, 5) is 11.3. The monoisotopic (exact) mass is 210 g/mol. The lowest BCUT2D eigenvalue weighted by Gasteiger charge is -2.16. The first-order valence-electron chi connectivity index (χ1n) is 4.60. The maximum Gasteiger partial charge on any atom is 0.177 e. The van der Waals surface area contributed by atoms with Gasteiger partial charge in [-0.15, -0.1) is 11.6 Å². The zero-order valence-corrected chi connectivity index (χ0v) is 8.51. The van der Waals surface area contributed by atoms with Crippen LogP contribution >= 0.6 is 11.6 Å². The number of benzene rings is 1. The Morgan fingerprint density at radius 2 is 2.29 bits per heavy atom. The molecule has 1 aromatic carbocycles. The number of halogens is 1. The highest BCUT2D eigenvalue weighted by Gasteiger charge is 2.12. The molecule has 0 saturated heterocycles. The highest BCUT2D eigenvalue weighted by atomic mass is 35.5. The van der Waals surface area contributed by atoms with Crippen LogP contribution in [0, 0.1) is 0 Å². The van der Waals surface area contributed by atoms with Gasteiger partial charge in [0.05, 0.1) is 19.1 Å². The van der Waals surface area contributed by atoms with Crippen LogP contribution in [-0.2, 0) is 17.8 Å². The van der Waals surface area contributed by atoms with Gasteiger partial charge in [0.2, 0.25) is 0 Å². The number of Topliss-reactive ketones (excluding diaryl/α,β-unsaturated/α-hetero) is 1. The van der Waals surface area contributed by atoms with E-state index in [2.05, 4.69) is 0 Å². The van der Waals surface area contributed by atoms with Crippen molar-refractivity contribution in [1.82, 2.24) is 0 Å². The fourth-order valence-electron chi connectivity index (χ4n) is 1.61. The second-order valence-corrected chi connectivity index (χ2v) is 3.61. The predicted octanol–water partition coefficient (Wildman–Crippen LogP) is 2.18. The summed E-state index contributed by atoms with van der Waals surface area (Å²) in [5, 5.41) is 0. The summed E-state index contributed by atoms with van der Waals surface area (Å²) in [7, 11) is 0. The third-order valence-corrected chi connectivity index (χ3v) is 2.67. The average molecular weight is 211 g/mol. The number of hydrogen-bond acceptors (Lipinski definition) is 2. The lowest BCUT2D eigenvalue weighted by atomic mass is 9.99. The van der Waals surface area contributed by atoms with Crippen LogP contribution in [0.4, 0.5) is 0 Å². The Kier molecular flexibility index (Phi) is 2.85. The smallest absolute Gasteiger partial charge is 0.177 e. The molecule has 1 aliphatic rings. The maximum atomic E-state index is 11.3. The van der Waals surface area contributed by atoms with E-state index in [0.717, 1.165) is 13.0 Å². The van der Waals surface area contributed by atoms with Crippen LogP contribution < -0.4 is 0 Å². The molecule has 0 atom stereocenters. The molecule has 74 valence electrons. The normalized spacial score (nSPS) is 14.9. The second kappa shape index (κ2) is 4.11. The summed E-state index contributed by atoms with van der Waals surface area (Å²) >= 11 is 5.50. The summed E-state index contributed by atoms with van der Waals surface area (Å²) < 4.78 is 5.31. The molecule has 1 aromatic rings. The summed E-state index contributed by atoms with van der Waals surface area (Å²) in [6, 6.07) is 5.70. The Morgan fingerprint density at radius 1 is 1.43 bits per heavy atom. The quantitative estimate of drug-likeness (QED) is 0.553. The van der Waals surface area contributed by atoms with Gasteiger partial charge in [0.15, 0.2) is 5.78 Å². The van der Waals surface area contributed by atoms with Crippen molar-refractivity contribution in [3.8, 4) is 0 Å². The molecule has 0 amide bonds. The van der Waals surface area contributed by atoms with Crippen LogP contribution in [0.1, 0.15) is 21.5 Å². The van der Waals surface area contributed by atoms with E-state index in [4.69, 9.17) is 16.3 Å². The van der Waals surface area contributed by atoms with E-state index in [0.29, 0.717) is 12.2 Å². The summed E-state index contributed by atoms with van der Waals surface area (Å²) in [6.45, 7) is 1.40. The van der Waals surface area contributed by atoms with Crippen LogP contribution in [0.2, 0.25) is 0 Å². The van der Waals surface area contributed by atoms with E-state index in [9.17, 15) is 4.79 Å². The molecule has 0 bridgehead atoms. The highest BCUT2D eigenvalue weighted by Crippen LogP contribution is 2.18. The Labute approximate surface area is 87.8 Å². The number of fused-ring (bicyclic) bond motifs is 1. The third kappa shape index (κ3) is 1.81. The molecule has 0 aromatic heterocycles. The minimum absolute atomic E-state index is 0.0130. The van der Waals surface area contributed by atoms with Crippen molar-refractivity contribution in [2.24, 2.45) is 0 Å². The van der Waals surface area contributed by atoms with Crippen molar-refractivity contribution in [3.05, 3.63) is 34.9 Å². The van der Waals surface area contributed by atoms with Gasteiger partial charge in [-0.2, -0.15) is 0 Å². The number of ether oxygens (including phenoxy) is 1. The number of ketones is 1. The lowest BCUT2D eigenvalue weighted by molar-refractivity contribution is 0.101. The minimum atomic E-state index is -0.0130. The molecule has 0 fully saturated rings. The van der Waals surface area contributed by atoms with Crippen molar-refractivity contribution < 1.29 is 9.53 Å². The molecule has 0 N–H and O–H groups in total. The zero-order chi connectivity index (χ0) is 9.97. The van der Waals surface area contributed by atoms with Gasteiger partial charge < -0.3 is 4.74 Å². The van der Waals surface area contributed by atoms with Gasteiger partial charge in [-0.25, -0.2) is 0 Å². The van der Waals surface area contributed by atoms with Crippen molar-refractivity contribution >= 4 is 17.4 Å². The molecule has 1 aliphatic heterocycles. The van der Waals surface area contributed by atoms with Crippen LogP contribution in [0.15, 0.2) is 18.2 Å². The number of rotatable bonds is 2. The van der Waals surface area contributed by atoms with E-state index < -0.39 is 0 Å².